The van der Waals surface area contributed by atoms with Gasteiger partial charge in [0.25, 0.3) is 0 Å². The number of ether oxygens (including phenoxy) is 4. The molecule has 17 nitrogen and oxygen atoms in total. The second kappa shape index (κ2) is 77.8. The fraction of sp³-hybridized carbons (Fsp3) is 0.953. The van der Waals surface area contributed by atoms with Gasteiger partial charge in [-0.05, 0) is 31.6 Å². The van der Waals surface area contributed by atoms with Gasteiger partial charge in [0.15, 0.2) is 12.2 Å². The lowest BCUT2D eigenvalue weighted by Crippen LogP contribution is -2.30. The van der Waals surface area contributed by atoms with E-state index in [-0.39, 0.29) is 25.7 Å². The Morgan fingerprint density at radius 2 is 0.462 bits per heavy atom. The Balaban J connectivity index is 5.22. The molecule has 618 valence electrons. The molecule has 0 aliphatic heterocycles. The van der Waals surface area contributed by atoms with Crippen molar-refractivity contribution in [3.05, 3.63) is 0 Å². The molecular formula is C85H166O17P2. The second-order valence-corrected chi connectivity index (χ2v) is 33.7. The SMILES string of the molecule is CCCCCCCCCCCCCCCCCCCCCCCC(=O)O[C@H](COC(=O)CCCCCCCCCCCCCCCCCCCCC)COP(=O)(O)OC[C@@H](O)COP(=O)(O)OC[C@@H](COC(=O)CCCCCCCCC(C)CC)OC(=O)CCCCCCCCCCCCCCCC. The van der Waals surface area contributed by atoms with Gasteiger partial charge in [-0.1, -0.05) is 407 Å². The minimum absolute atomic E-state index is 0.108. The number of aliphatic hydroxyl groups excluding tert-OH is 1. The summed E-state index contributed by atoms with van der Waals surface area (Å²) in [4.78, 5) is 73.2. The molecule has 0 amide bonds. The Hall–Kier alpha value is -1.94. The van der Waals surface area contributed by atoms with E-state index in [0.29, 0.717) is 25.7 Å². The number of phosphoric acid groups is 2. The van der Waals surface area contributed by atoms with Gasteiger partial charge in [0.05, 0.1) is 26.4 Å². The highest BCUT2D eigenvalue weighted by Gasteiger charge is 2.30. The van der Waals surface area contributed by atoms with Crippen LogP contribution < -0.4 is 0 Å². The summed E-state index contributed by atoms with van der Waals surface area (Å²) >= 11 is 0. The lowest BCUT2D eigenvalue weighted by atomic mass is 10.00. The fourth-order valence-electron chi connectivity index (χ4n) is 13.3. The van der Waals surface area contributed by atoms with E-state index in [2.05, 4.69) is 34.6 Å². The molecule has 0 rings (SSSR count). The second-order valence-electron chi connectivity index (χ2n) is 30.8. The summed E-state index contributed by atoms with van der Waals surface area (Å²) in [6.45, 7) is 7.32. The topological polar surface area (TPSA) is 237 Å². The van der Waals surface area contributed by atoms with Crippen LogP contribution >= 0.6 is 15.6 Å². The van der Waals surface area contributed by atoms with E-state index in [1.165, 1.54) is 276 Å². The highest BCUT2D eigenvalue weighted by molar-refractivity contribution is 7.47. The van der Waals surface area contributed by atoms with E-state index in [1.807, 2.05) is 0 Å². The van der Waals surface area contributed by atoms with Crippen LogP contribution in [0, 0.1) is 5.92 Å². The summed E-state index contributed by atoms with van der Waals surface area (Å²) in [5.41, 5.74) is 0. The Morgan fingerprint density at radius 1 is 0.269 bits per heavy atom. The molecule has 0 saturated heterocycles. The van der Waals surface area contributed by atoms with Gasteiger partial charge in [0, 0.05) is 25.7 Å². The largest absolute Gasteiger partial charge is 0.472 e. The third-order valence-corrected chi connectivity index (χ3v) is 22.3. The summed E-state index contributed by atoms with van der Waals surface area (Å²) < 4.78 is 68.8. The van der Waals surface area contributed by atoms with Gasteiger partial charge < -0.3 is 33.8 Å². The Kier molecular flexibility index (Phi) is 76.3. The van der Waals surface area contributed by atoms with Crippen molar-refractivity contribution >= 4 is 39.5 Å². The molecule has 0 spiro atoms. The van der Waals surface area contributed by atoms with Crippen molar-refractivity contribution in [2.75, 3.05) is 39.6 Å². The third kappa shape index (κ3) is 76.8. The molecule has 3 unspecified atom stereocenters. The van der Waals surface area contributed by atoms with Crippen LogP contribution in [0.5, 0.6) is 0 Å². The van der Waals surface area contributed by atoms with Crippen molar-refractivity contribution in [2.24, 2.45) is 5.92 Å². The molecule has 0 aromatic heterocycles. The van der Waals surface area contributed by atoms with Crippen molar-refractivity contribution in [1.82, 2.24) is 0 Å². The summed E-state index contributed by atoms with van der Waals surface area (Å²) in [5, 5.41) is 10.7. The van der Waals surface area contributed by atoms with E-state index >= 15 is 0 Å². The Labute approximate surface area is 638 Å². The van der Waals surface area contributed by atoms with Gasteiger partial charge in [0.2, 0.25) is 0 Å². The minimum Gasteiger partial charge on any atom is -0.462 e. The van der Waals surface area contributed by atoms with E-state index in [4.69, 9.17) is 37.0 Å². The number of phosphoric ester groups is 2. The average molecular weight is 1520 g/mol. The number of hydrogen-bond donors (Lipinski definition) is 3. The highest BCUT2D eigenvalue weighted by atomic mass is 31.2. The van der Waals surface area contributed by atoms with Gasteiger partial charge in [-0.25, -0.2) is 9.13 Å². The van der Waals surface area contributed by atoms with Crippen LogP contribution in [-0.4, -0.2) is 96.7 Å². The first-order valence-electron chi connectivity index (χ1n) is 44.2. The van der Waals surface area contributed by atoms with Crippen molar-refractivity contribution in [2.45, 2.75) is 477 Å². The number of carbonyl (C=O) groups is 4. The Bertz CT molecular complexity index is 1980. The summed E-state index contributed by atoms with van der Waals surface area (Å²) in [6, 6.07) is 0. The number of aliphatic hydroxyl groups is 1. The average Bonchev–Trinajstić information content (AvgIpc) is 0.914. The lowest BCUT2D eigenvalue weighted by molar-refractivity contribution is -0.161. The molecule has 0 aliphatic carbocycles. The van der Waals surface area contributed by atoms with Crippen LogP contribution in [-0.2, 0) is 65.4 Å². The smallest absolute Gasteiger partial charge is 0.462 e. The molecule has 0 aromatic carbocycles. The van der Waals surface area contributed by atoms with Crippen molar-refractivity contribution in [3.63, 3.8) is 0 Å². The molecule has 0 aliphatic rings. The highest BCUT2D eigenvalue weighted by Crippen LogP contribution is 2.45. The van der Waals surface area contributed by atoms with E-state index in [0.717, 1.165) is 102 Å². The molecule has 6 atom stereocenters. The first-order chi connectivity index (χ1) is 50.6. The number of hydrogen-bond acceptors (Lipinski definition) is 15. The third-order valence-electron chi connectivity index (χ3n) is 20.4. The molecule has 0 bridgehead atoms. The van der Waals surface area contributed by atoms with Crippen LogP contribution in [0.25, 0.3) is 0 Å². The predicted octanol–water partition coefficient (Wildman–Crippen LogP) is 26.0. The minimum atomic E-state index is -4.96. The van der Waals surface area contributed by atoms with Crippen LogP contribution in [0.4, 0.5) is 0 Å². The van der Waals surface area contributed by atoms with Crippen molar-refractivity contribution in [3.8, 4) is 0 Å². The Morgan fingerprint density at radius 3 is 0.683 bits per heavy atom. The molecular weight excluding hydrogens is 1350 g/mol. The van der Waals surface area contributed by atoms with Gasteiger partial charge in [-0.2, -0.15) is 0 Å². The summed E-state index contributed by atoms with van der Waals surface area (Å²) in [5.74, 6) is -1.37. The van der Waals surface area contributed by atoms with Gasteiger partial charge in [-0.3, -0.25) is 37.3 Å². The predicted molar refractivity (Wildman–Crippen MR) is 428 cm³/mol. The maximum absolute atomic E-state index is 13.1. The van der Waals surface area contributed by atoms with Gasteiger partial charge in [0.1, 0.15) is 19.3 Å². The zero-order chi connectivity index (χ0) is 76.2. The van der Waals surface area contributed by atoms with Gasteiger partial charge in [-0.15, -0.1) is 0 Å². The first kappa shape index (κ1) is 102. The molecule has 0 saturated carbocycles. The standard InChI is InChI=1S/C85H166O17P2/c1-6-10-13-16-19-22-25-28-31-33-35-36-38-40-42-45-48-51-54-61-66-71-84(89)101-80(74-95-82(87)68-63-58-52-49-46-44-41-39-37-34-32-29-26-23-20-17-14-11-7-2)76-99-103(91,92)97-72-79(86)73-98-104(93,94)100-77-81(75-96-83(88)69-64-59-56-55-57-62-67-78(5)9-4)102-85(90)70-65-60-53-50-47-43-30-27-24-21-18-15-12-8-3/h78-81,86H,6-77H2,1-5H3,(H,91,92)(H,93,94)/t78?,79-,80-,81-/m1/s1. The molecule has 0 aromatic rings. The molecule has 0 radical (unpaired) electrons. The number of carbonyl (C=O) groups excluding carboxylic acids is 4. The van der Waals surface area contributed by atoms with Crippen molar-refractivity contribution in [1.29, 1.82) is 0 Å². The zero-order valence-corrected chi connectivity index (χ0v) is 70.0. The molecule has 3 N–H and O–H groups in total. The fourth-order valence-corrected chi connectivity index (χ4v) is 14.8. The molecule has 0 heterocycles. The first-order valence-corrected chi connectivity index (χ1v) is 47.2. The van der Waals surface area contributed by atoms with Crippen LogP contribution in [0.2, 0.25) is 0 Å². The maximum atomic E-state index is 13.1. The summed E-state index contributed by atoms with van der Waals surface area (Å²) in [6.07, 6.45) is 70.9. The van der Waals surface area contributed by atoms with Crippen molar-refractivity contribution < 1.29 is 80.2 Å². The van der Waals surface area contributed by atoms with E-state index in [1.54, 1.807) is 0 Å². The molecule has 19 heteroatoms. The monoisotopic (exact) mass is 1520 g/mol. The van der Waals surface area contributed by atoms with Crippen LogP contribution in [0.1, 0.15) is 458 Å². The maximum Gasteiger partial charge on any atom is 0.472 e. The van der Waals surface area contributed by atoms with Gasteiger partial charge >= 0.3 is 39.5 Å². The molecule has 104 heavy (non-hydrogen) atoms. The quantitative estimate of drug-likeness (QED) is 0.0222. The van der Waals surface area contributed by atoms with E-state index < -0.39 is 97.5 Å². The van der Waals surface area contributed by atoms with Crippen LogP contribution in [0.15, 0.2) is 0 Å². The number of rotatable bonds is 85. The number of unbranched alkanes of at least 4 members (excludes halogenated alkanes) is 56. The normalized spacial score (nSPS) is 14.0. The van der Waals surface area contributed by atoms with E-state index in [9.17, 15) is 43.2 Å². The lowest BCUT2D eigenvalue weighted by Gasteiger charge is -2.21. The molecule has 0 fully saturated rings. The summed E-state index contributed by atoms with van der Waals surface area (Å²) in [7, 11) is -9.92. The number of esters is 4. The van der Waals surface area contributed by atoms with Crippen LogP contribution in [0.3, 0.4) is 0 Å². The zero-order valence-electron chi connectivity index (χ0n) is 68.2.